The molecule has 1 heterocycles. The summed E-state index contributed by atoms with van der Waals surface area (Å²) in [6, 6.07) is 7.47. The van der Waals surface area contributed by atoms with Crippen molar-refractivity contribution in [2.45, 2.75) is 18.3 Å². The van der Waals surface area contributed by atoms with Crippen molar-refractivity contribution in [3.63, 3.8) is 0 Å². The van der Waals surface area contributed by atoms with Crippen LogP contribution in [-0.2, 0) is 4.79 Å². The van der Waals surface area contributed by atoms with Crippen LogP contribution in [0.25, 0.3) is 0 Å². The topological polar surface area (TPSA) is 65.2 Å². The molecule has 6 heteroatoms. The summed E-state index contributed by atoms with van der Waals surface area (Å²) >= 11 is 1.59. The Hall–Kier alpha value is -1.08. The Morgan fingerprint density at radius 2 is 2.24 bits per heavy atom. The minimum atomic E-state index is -0.287. The molecule has 92 valence electrons. The molecule has 1 aliphatic rings. The summed E-state index contributed by atoms with van der Waals surface area (Å²) in [6.07, 6.45) is 1.96. The van der Waals surface area contributed by atoms with Gasteiger partial charge in [-0.15, -0.1) is 11.8 Å². The maximum absolute atomic E-state index is 12.0. The van der Waals surface area contributed by atoms with Gasteiger partial charge in [-0.25, -0.2) is 10.9 Å². The molecule has 1 aliphatic heterocycles. The number of rotatable bonds is 3. The molecule has 1 amide bonds. The molecule has 2 unspecified atom stereocenters. The predicted molar refractivity (Wildman–Crippen MR) is 70.3 cm³/mol. The first kappa shape index (κ1) is 12.4. The van der Waals surface area contributed by atoms with Gasteiger partial charge in [0, 0.05) is 5.69 Å². The van der Waals surface area contributed by atoms with Crippen LogP contribution in [-0.4, -0.2) is 23.6 Å². The second-order valence-corrected chi connectivity index (χ2v) is 4.89. The average molecular weight is 252 g/mol. The molecule has 2 atom stereocenters. The normalized spacial score (nSPS) is 23.6. The van der Waals surface area contributed by atoms with Crippen LogP contribution < -0.4 is 21.7 Å². The van der Waals surface area contributed by atoms with E-state index in [4.69, 9.17) is 0 Å². The smallest absolute Gasteiger partial charge is 0.245 e. The number of benzene rings is 1. The molecule has 5 nitrogen and oxygen atoms in total. The molecule has 0 radical (unpaired) electrons. The predicted octanol–water partition coefficient (Wildman–Crippen LogP) is 0.604. The van der Waals surface area contributed by atoms with E-state index in [0.29, 0.717) is 0 Å². The van der Waals surface area contributed by atoms with Crippen molar-refractivity contribution in [2.24, 2.45) is 0 Å². The van der Waals surface area contributed by atoms with Crippen molar-refractivity contribution in [3.05, 3.63) is 29.8 Å². The quantitative estimate of drug-likeness (QED) is 0.634. The van der Waals surface area contributed by atoms with Crippen molar-refractivity contribution < 1.29 is 4.79 Å². The van der Waals surface area contributed by atoms with Gasteiger partial charge in [-0.3, -0.25) is 4.79 Å². The molecular formula is C11H16N4OS. The SMILES string of the molecule is CSC1NNNC1C(=O)Nc1cccc(C)c1. The van der Waals surface area contributed by atoms with E-state index in [0.717, 1.165) is 11.3 Å². The zero-order chi connectivity index (χ0) is 12.3. The summed E-state index contributed by atoms with van der Waals surface area (Å²) in [6.45, 7) is 2.00. The lowest BCUT2D eigenvalue weighted by atomic mass is 10.2. The van der Waals surface area contributed by atoms with Crippen LogP contribution in [0.3, 0.4) is 0 Å². The highest BCUT2D eigenvalue weighted by atomic mass is 32.2. The standard InChI is InChI=1S/C11H16N4OS/c1-7-4-3-5-8(6-7)12-10(16)9-11(17-2)14-15-13-9/h3-6,9,11,13-15H,1-2H3,(H,12,16). The Morgan fingerprint density at radius 1 is 1.41 bits per heavy atom. The second kappa shape index (κ2) is 5.50. The van der Waals surface area contributed by atoms with E-state index in [1.54, 1.807) is 11.8 Å². The van der Waals surface area contributed by atoms with Gasteiger partial charge in [0.05, 0.1) is 5.37 Å². The Balaban J connectivity index is 2.01. The van der Waals surface area contributed by atoms with Crippen molar-refractivity contribution in [1.29, 1.82) is 0 Å². The van der Waals surface area contributed by atoms with Crippen LogP contribution >= 0.6 is 11.8 Å². The van der Waals surface area contributed by atoms with Crippen LogP contribution in [0.2, 0.25) is 0 Å². The Kier molecular flexibility index (Phi) is 4.01. The van der Waals surface area contributed by atoms with E-state index < -0.39 is 0 Å². The van der Waals surface area contributed by atoms with Crippen molar-refractivity contribution >= 4 is 23.4 Å². The van der Waals surface area contributed by atoms with E-state index >= 15 is 0 Å². The molecule has 1 fully saturated rings. The summed E-state index contributed by atoms with van der Waals surface area (Å²) in [7, 11) is 0. The number of anilines is 1. The number of hydrazine groups is 2. The van der Waals surface area contributed by atoms with E-state index in [-0.39, 0.29) is 17.3 Å². The molecule has 0 bridgehead atoms. The highest BCUT2D eigenvalue weighted by Crippen LogP contribution is 2.14. The molecular weight excluding hydrogens is 236 g/mol. The van der Waals surface area contributed by atoms with Gasteiger partial charge >= 0.3 is 0 Å². The zero-order valence-electron chi connectivity index (χ0n) is 9.78. The summed E-state index contributed by atoms with van der Waals surface area (Å²) in [4.78, 5) is 12.0. The maximum atomic E-state index is 12.0. The lowest BCUT2D eigenvalue weighted by Crippen LogP contribution is -2.43. The Bertz CT molecular complexity index is 412. The first-order chi connectivity index (χ1) is 8.20. The molecule has 1 saturated heterocycles. The zero-order valence-corrected chi connectivity index (χ0v) is 10.6. The fraction of sp³-hybridized carbons (Fsp3) is 0.364. The molecule has 0 saturated carbocycles. The third-order valence-electron chi connectivity index (χ3n) is 2.57. The van der Waals surface area contributed by atoms with Gasteiger partial charge in [-0.2, -0.15) is 5.53 Å². The van der Waals surface area contributed by atoms with E-state index in [1.807, 2.05) is 37.4 Å². The molecule has 0 spiro atoms. The van der Waals surface area contributed by atoms with Crippen LogP contribution in [0, 0.1) is 6.92 Å². The number of thioether (sulfide) groups is 1. The van der Waals surface area contributed by atoms with E-state index in [2.05, 4.69) is 21.7 Å². The van der Waals surface area contributed by atoms with Gasteiger partial charge in [0.25, 0.3) is 0 Å². The molecule has 1 aromatic rings. The van der Waals surface area contributed by atoms with Gasteiger partial charge < -0.3 is 5.32 Å². The van der Waals surface area contributed by atoms with Gasteiger partial charge in [-0.1, -0.05) is 12.1 Å². The monoisotopic (exact) mass is 252 g/mol. The van der Waals surface area contributed by atoms with Crippen LogP contribution in [0.1, 0.15) is 5.56 Å². The van der Waals surface area contributed by atoms with E-state index in [9.17, 15) is 4.79 Å². The largest absolute Gasteiger partial charge is 0.325 e. The van der Waals surface area contributed by atoms with Crippen molar-refractivity contribution in [1.82, 2.24) is 16.4 Å². The number of hydrogen-bond donors (Lipinski definition) is 4. The summed E-state index contributed by atoms with van der Waals surface area (Å²) in [5.74, 6) is -0.0487. The van der Waals surface area contributed by atoms with Crippen molar-refractivity contribution in [3.8, 4) is 0 Å². The molecule has 0 aliphatic carbocycles. The van der Waals surface area contributed by atoms with Gasteiger partial charge in [0.1, 0.15) is 6.04 Å². The number of aryl methyl sites for hydroxylation is 1. The lowest BCUT2D eigenvalue weighted by Gasteiger charge is -2.15. The van der Waals surface area contributed by atoms with Gasteiger partial charge in [0.15, 0.2) is 0 Å². The first-order valence-electron chi connectivity index (χ1n) is 5.37. The summed E-state index contributed by atoms with van der Waals surface area (Å²) in [5, 5.41) is 2.92. The number of nitrogens with one attached hydrogen (secondary N) is 4. The minimum absolute atomic E-state index is 0.0276. The Morgan fingerprint density at radius 3 is 2.94 bits per heavy atom. The summed E-state index contributed by atoms with van der Waals surface area (Å²) in [5.41, 5.74) is 10.6. The lowest BCUT2D eigenvalue weighted by molar-refractivity contribution is -0.117. The highest BCUT2D eigenvalue weighted by molar-refractivity contribution is 7.99. The van der Waals surface area contributed by atoms with Crippen LogP contribution in [0.15, 0.2) is 24.3 Å². The van der Waals surface area contributed by atoms with Gasteiger partial charge in [-0.05, 0) is 30.9 Å². The van der Waals surface area contributed by atoms with Gasteiger partial charge in [0.2, 0.25) is 5.91 Å². The fourth-order valence-electron chi connectivity index (χ4n) is 1.69. The third kappa shape index (κ3) is 2.98. The number of amides is 1. The van der Waals surface area contributed by atoms with Crippen LogP contribution in [0.4, 0.5) is 5.69 Å². The number of carbonyl (C=O) groups is 1. The highest BCUT2D eigenvalue weighted by Gasteiger charge is 2.31. The van der Waals surface area contributed by atoms with Crippen LogP contribution in [0.5, 0.6) is 0 Å². The van der Waals surface area contributed by atoms with Crippen molar-refractivity contribution in [2.75, 3.05) is 11.6 Å². The average Bonchev–Trinajstić information content (AvgIpc) is 2.77. The number of hydrogen-bond acceptors (Lipinski definition) is 5. The number of carbonyl (C=O) groups excluding carboxylic acids is 1. The molecule has 0 aromatic heterocycles. The molecule has 17 heavy (non-hydrogen) atoms. The molecule has 2 rings (SSSR count). The maximum Gasteiger partial charge on any atom is 0.245 e. The second-order valence-electron chi connectivity index (χ2n) is 3.91. The minimum Gasteiger partial charge on any atom is -0.325 e. The Labute approximate surface area is 105 Å². The summed E-state index contributed by atoms with van der Waals surface area (Å²) < 4.78 is 0. The molecule has 1 aromatic carbocycles. The third-order valence-corrected chi connectivity index (χ3v) is 3.46. The van der Waals surface area contributed by atoms with E-state index in [1.165, 1.54) is 0 Å². The fourth-order valence-corrected chi connectivity index (χ4v) is 2.33. The molecule has 4 N–H and O–H groups in total. The first-order valence-corrected chi connectivity index (χ1v) is 6.66.